The summed E-state index contributed by atoms with van der Waals surface area (Å²) in [5.74, 6) is 0.0339. The molecule has 2 fully saturated rings. The van der Waals surface area contributed by atoms with Crippen LogP contribution in [0.3, 0.4) is 0 Å². The van der Waals surface area contributed by atoms with Crippen LogP contribution in [0, 0.1) is 11.8 Å². The van der Waals surface area contributed by atoms with Crippen molar-refractivity contribution in [3.8, 4) is 0 Å². The van der Waals surface area contributed by atoms with Gasteiger partial charge in [-0.2, -0.15) is 0 Å². The molecular weight excluding hydrogens is 278 g/mol. The second-order valence-corrected chi connectivity index (χ2v) is 6.54. The molecule has 1 nitrogen and oxygen atoms in total. The average molecular weight is 286 g/mol. The fraction of sp³-hybridized carbons (Fsp3) is 0.700. The first-order chi connectivity index (χ1) is 6.94. The van der Waals surface area contributed by atoms with Crippen molar-refractivity contribution < 1.29 is 4.79 Å². The minimum Gasteiger partial charge on any atom is -0.291 e. The molecule has 0 radical (unpaired) electrons. The van der Waals surface area contributed by atoms with Gasteiger partial charge in [0.1, 0.15) is 14.8 Å². The number of hydrogen-bond donors (Lipinski definition) is 0. The lowest BCUT2D eigenvalue weighted by molar-refractivity contribution is -0.118. The standard InChI is InChI=1S/C10H8Cl4O/c11-6-7(12)9(13)4-1-2-5(3-4)10(9,14)8(6)15/h4-5H,1-3H2/t4-,5-,9+,10+/m0/s1. The van der Waals surface area contributed by atoms with E-state index in [1.807, 2.05) is 0 Å². The minimum absolute atomic E-state index is 0.0401. The first-order valence-electron chi connectivity index (χ1n) is 4.92. The quantitative estimate of drug-likeness (QED) is 0.621. The van der Waals surface area contributed by atoms with Gasteiger partial charge in [0, 0.05) is 0 Å². The van der Waals surface area contributed by atoms with Gasteiger partial charge in [0.05, 0.1) is 5.03 Å². The number of Topliss-reactive ketones (excluding diaryl/α,β-unsaturated/α-hetero) is 1. The Labute approximate surface area is 108 Å². The van der Waals surface area contributed by atoms with Crippen molar-refractivity contribution in [1.82, 2.24) is 0 Å². The van der Waals surface area contributed by atoms with Crippen LogP contribution in [0.5, 0.6) is 0 Å². The third-order valence-electron chi connectivity index (χ3n) is 4.13. The van der Waals surface area contributed by atoms with E-state index in [1.54, 1.807) is 0 Å². The Morgan fingerprint density at radius 1 is 1.07 bits per heavy atom. The summed E-state index contributed by atoms with van der Waals surface area (Å²) in [7, 11) is 0. The zero-order valence-electron chi connectivity index (χ0n) is 7.70. The molecule has 2 saturated carbocycles. The number of hydrogen-bond acceptors (Lipinski definition) is 1. The van der Waals surface area contributed by atoms with E-state index in [2.05, 4.69) is 0 Å². The minimum atomic E-state index is -1.08. The van der Waals surface area contributed by atoms with Crippen molar-refractivity contribution in [2.75, 3.05) is 0 Å². The summed E-state index contributed by atoms with van der Waals surface area (Å²) in [4.78, 5) is 10.0. The van der Waals surface area contributed by atoms with Gasteiger partial charge in [0.15, 0.2) is 5.78 Å². The van der Waals surface area contributed by atoms with E-state index < -0.39 is 9.75 Å². The molecule has 0 unspecified atom stereocenters. The van der Waals surface area contributed by atoms with Crippen LogP contribution in [0.4, 0.5) is 0 Å². The van der Waals surface area contributed by atoms with Crippen molar-refractivity contribution in [3.63, 3.8) is 0 Å². The summed E-state index contributed by atoms with van der Waals surface area (Å²) < 4.78 is 0. The van der Waals surface area contributed by atoms with Gasteiger partial charge >= 0.3 is 0 Å². The molecule has 82 valence electrons. The van der Waals surface area contributed by atoms with E-state index in [0.717, 1.165) is 19.3 Å². The van der Waals surface area contributed by atoms with Crippen LogP contribution in [0.1, 0.15) is 19.3 Å². The summed E-state index contributed by atoms with van der Waals surface area (Å²) in [5, 5.41) is 0.302. The monoisotopic (exact) mass is 284 g/mol. The van der Waals surface area contributed by atoms with Gasteiger partial charge in [-0.25, -0.2) is 0 Å². The molecule has 0 aromatic heterocycles. The average Bonchev–Trinajstić information content (AvgIpc) is 2.81. The molecule has 5 heteroatoms. The maximum Gasteiger partial charge on any atom is 0.198 e. The summed E-state index contributed by atoms with van der Waals surface area (Å²) >= 11 is 24.9. The zero-order valence-corrected chi connectivity index (χ0v) is 10.7. The molecular formula is C10H8Cl4O. The van der Waals surface area contributed by atoms with Crippen LogP contribution >= 0.6 is 46.4 Å². The van der Waals surface area contributed by atoms with Crippen LogP contribution in [0.2, 0.25) is 0 Å². The SMILES string of the molecule is O=C1C(Cl)=C(Cl)[C@]2(Cl)[C@H]3CC[C@@H](C3)[C@@]12Cl. The molecule has 0 aromatic rings. The first-order valence-corrected chi connectivity index (χ1v) is 6.43. The Bertz CT molecular complexity index is 404. The predicted molar refractivity (Wildman–Crippen MR) is 61.7 cm³/mol. The first kappa shape index (κ1) is 10.7. The summed E-state index contributed by atoms with van der Waals surface area (Å²) in [5.41, 5.74) is 0. The predicted octanol–water partition coefficient (Wildman–Crippen LogP) is 3.64. The highest BCUT2D eigenvalue weighted by atomic mass is 35.5. The number of rotatable bonds is 0. The molecule has 0 N–H and O–H groups in total. The van der Waals surface area contributed by atoms with Crippen LogP contribution < -0.4 is 0 Å². The normalized spacial score (nSPS) is 52.9. The van der Waals surface area contributed by atoms with E-state index in [-0.39, 0.29) is 27.7 Å². The van der Waals surface area contributed by atoms with Gasteiger partial charge in [-0.05, 0) is 31.1 Å². The third kappa shape index (κ3) is 0.900. The van der Waals surface area contributed by atoms with Crippen molar-refractivity contribution in [2.24, 2.45) is 11.8 Å². The van der Waals surface area contributed by atoms with Gasteiger partial charge in [0.25, 0.3) is 0 Å². The van der Waals surface area contributed by atoms with E-state index in [9.17, 15) is 4.79 Å². The fourth-order valence-electron chi connectivity index (χ4n) is 3.41. The Kier molecular flexibility index (Phi) is 2.05. The molecule has 3 rings (SSSR count). The van der Waals surface area contributed by atoms with Gasteiger partial charge in [-0.15, -0.1) is 23.2 Å². The summed E-state index contributed by atoms with van der Waals surface area (Å²) in [6.07, 6.45) is 2.82. The summed E-state index contributed by atoms with van der Waals surface area (Å²) in [6.45, 7) is 0. The number of fused-ring (bicyclic) bond motifs is 5. The summed E-state index contributed by atoms with van der Waals surface area (Å²) in [6, 6.07) is 0. The van der Waals surface area contributed by atoms with E-state index in [1.165, 1.54) is 0 Å². The molecule has 15 heavy (non-hydrogen) atoms. The topological polar surface area (TPSA) is 17.1 Å². The number of alkyl halides is 2. The largest absolute Gasteiger partial charge is 0.291 e. The number of carbonyl (C=O) groups is 1. The lowest BCUT2D eigenvalue weighted by Crippen LogP contribution is -2.51. The van der Waals surface area contributed by atoms with Crippen LogP contribution in [0.15, 0.2) is 10.1 Å². The van der Waals surface area contributed by atoms with Crippen molar-refractivity contribution in [2.45, 2.75) is 29.0 Å². The highest BCUT2D eigenvalue weighted by Gasteiger charge is 2.75. The van der Waals surface area contributed by atoms with E-state index in [0.29, 0.717) is 0 Å². The van der Waals surface area contributed by atoms with Crippen molar-refractivity contribution >= 4 is 52.2 Å². The van der Waals surface area contributed by atoms with E-state index in [4.69, 9.17) is 46.4 Å². The molecule has 0 spiro atoms. The number of halogens is 4. The molecule has 0 aliphatic heterocycles. The third-order valence-corrected chi connectivity index (χ3v) is 6.84. The van der Waals surface area contributed by atoms with Crippen LogP contribution in [-0.4, -0.2) is 15.5 Å². The second-order valence-electron chi connectivity index (χ2n) is 4.59. The zero-order chi connectivity index (χ0) is 11.0. The molecule has 3 aliphatic carbocycles. The Morgan fingerprint density at radius 3 is 2.13 bits per heavy atom. The maximum atomic E-state index is 12.0. The van der Waals surface area contributed by atoms with Gasteiger partial charge in [0.2, 0.25) is 0 Å². The Morgan fingerprint density at radius 2 is 1.60 bits per heavy atom. The van der Waals surface area contributed by atoms with Gasteiger partial charge in [-0.1, -0.05) is 23.2 Å². The molecule has 0 aromatic carbocycles. The van der Waals surface area contributed by atoms with Gasteiger partial charge in [-0.3, -0.25) is 4.79 Å². The molecule has 2 bridgehead atoms. The lowest BCUT2D eigenvalue weighted by Gasteiger charge is -2.39. The van der Waals surface area contributed by atoms with Crippen molar-refractivity contribution in [1.29, 1.82) is 0 Å². The van der Waals surface area contributed by atoms with Crippen molar-refractivity contribution in [3.05, 3.63) is 10.1 Å². The highest BCUT2D eigenvalue weighted by Crippen LogP contribution is 2.70. The Balaban J connectivity index is 2.25. The molecule has 0 amide bonds. The smallest absolute Gasteiger partial charge is 0.198 e. The van der Waals surface area contributed by atoms with E-state index >= 15 is 0 Å². The highest BCUT2D eigenvalue weighted by molar-refractivity contribution is 6.62. The Hall–Kier alpha value is 0.570. The molecule has 0 heterocycles. The number of allylic oxidation sites excluding steroid dienone is 2. The second kappa shape index (κ2) is 2.87. The molecule has 3 aliphatic rings. The fourth-order valence-corrected chi connectivity index (χ4v) is 5.31. The maximum absolute atomic E-state index is 12.0. The molecule has 4 atom stereocenters. The van der Waals surface area contributed by atoms with Crippen LogP contribution in [-0.2, 0) is 4.79 Å². The number of ketones is 1. The van der Waals surface area contributed by atoms with Gasteiger partial charge < -0.3 is 0 Å². The lowest BCUT2D eigenvalue weighted by atomic mass is 9.79. The van der Waals surface area contributed by atoms with Crippen LogP contribution in [0.25, 0.3) is 0 Å². The molecule has 0 saturated heterocycles. The number of carbonyl (C=O) groups excluding carboxylic acids is 1.